The molecule has 3 aromatic rings. The molecule has 0 saturated carbocycles. The van der Waals surface area contributed by atoms with E-state index in [-0.39, 0.29) is 12.6 Å². The molecule has 3 rings (SSSR count). The number of aromatic amines is 1. The van der Waals surface area contributed by atoms with Gasteiger partial charge in [-0.05, 0) is 29.8 Å². The number of nitrogens with one attached hydrogen (secondary N) is 1. The van der Waals surface area contributed by atoms with Crippen molar-refractivity contribution < 1.29 is 14.3 Å². The SMILES string of the molecule is CC(=O)OCCOc1ccc(/C=C/c2n[nH]c3ccccc23)cc1. The van der Waals surface area contributed by atoms with Crippen molar-refractivity contribution in [2.45, 2.75) is 6.92 Å². The number of rotatable bonds is 6. The van der Waals surface area contributed by atoms with Gasteiger partial charge in [0.1, 0.15) is 19.0 Å². The normalized spacial score (nSPS) is 11.0. The van der Waals surface area contributed by atoms with Gasteiger partial charge in [0.15, 0.2) is 0 Å². The molecule has 0 radical (unpaired) electrons. The molecule has 0 atom stereocenters. The summed E-state index contributed by atoms with van der Waals surface area (Å²) < 4.78 is 10.3. The second-order valence-electron chi connectivity index (χ2n) is 5.25. The van der Waals surface area contributed by atoms with Crippen molar-refractivity contribution >= 4 is 29.0 Å². The summed E-state index contributed by atoms with van der Waals surface area (Å²) in [5, 5.41) is 8.42. The van der Waals surface area contributed by atoms with Gasteiger partial charge in [0.2, 0.25) is 0 Å². The molecule has 1 aromatic heterocycles. The predicted octanol–water partition coefficient (Wildman–Crippen LogP) is 3.68. The Balaban J connectivity index is 1.60. The molecule has 5 nitrogen and oxygen atoms in total. The van der Waals surface area contributed by atoms with Crippen LogP contribution >= 0.6 is 0 Å². The number of esters is 1. The first-order valence-electron chi connectivity index (χ1n) is 7.70. The van der Waals surface area contributed by atoms with Crippen molar-refractivity contribution in [3.05, 3.63) is 59.8 Å². The maximum absolute atomic E-state index is 10.7. The Labute approximate surface area is 139 Å². The van der Waals surface area contributed by atoms with Crippen LogP contribution in [0.5, 0.6) is 5.75 Å². The first kappa shape index (κ1) is 15.8. The minimum atomic E-state index is -0.301. The average molecular weight is 322 g/mol. The Hall–Kier alpha value is -3.08. The summed E-state index contributed by atoms with van der Waals surface area (Å²) in [6.07, 6.45) is 3.99. The van der Waals surface area contributed by atoms with Crippen LogP contribution in [-0.4, -0.2) is 29.4 Å². The third-order valence-electron chi connectivity index (χ3n) is 3.47. The van der Waals surface area contributed by atoms with E-state index in [4.69, 9.17) is 9.47 Å². The lowest BCUT2D eigenvalue weighted by Gasteiger charge is -2.06. The summed E-state index contributed by atoms with van der Waals surface area (Å²) in [4.78, 5) is 10.7. The third-order valence-corrected chi connectivity index (χ3v) is 3.47. The van der Waals surface area contributed by atoms with Crippen LogP contribution < -0.4 is 4.74 Å². The molecular weight excluding hydrogens is 304 g/mol. The zero-order chi connectivity index (χ0) is 16.8. The topological polar surface area (TPSA) is 64.2 Å². The van der Waals surface area contributed by atoms with Gasteiger partial charge in [-0.2, -0.15) is 5.10 Å². The van der Waals surface area contributed by atoms with Crippen LogP contribution in [0.4, 0.5) is 0 Å². The maximum Gasteiger partial charge on any atom is 0.302 e. The molecule has 0 fully saturated rings. The Morgan fingerprint density at radius 2 is 1.88 bits per heavy atom. The zero-order valence-electron chi connectivity index (χ0n) is 13.4. The molecule has 24 heavy (non-hydrogen) atoms. The molecule has 1 N–H and O–H groups in total. The van der Waals surface area contributed by atoms with Gasteiger partial charge in [0, 0.05) is 12.3 Å². The first-order chi connectivity index (χ1) is 11.7. The van der Waals surface area contributed by atoms with Gasteiger partial charge in [-0.15, -0.1) is 0 Å². The number of fused-ring (bicyclic) bond motifs is 1. The van der Waals surface area contributed by atoms with E-state index in [9.17, 15) is 4.79 Å². The molecule has 0 amide bonds. The van der Waals surface area contributed by atoms with Crippen LogP contribution in [0.2, 0.25) is 0 Å². The minimum Gasteiger partial charge on any atom is -0.490 e. The third kappa shape index (κ3) is 4.01. The summed E-state index contributed by atoms with van der Waals surface area (Å²) in [5.74, 6) is 0.439. The van der Waals surface area contributed by atoms with E-state index in [0.29, 0.717) is 6.61 Å². The lowest BCUT2D eigenvalue weighted by atomic mass is 10.1. The number of hydrogen-bond acceptors (Lipinski definition) is 4. The second-order valence-corrected chi connectivity index (χ2v) is 5.25. The van der Waals surface area contributed by atoms with Gasteiger partial charge in [-0.25, -0.2) is 0 Å². The fraction of sp³-hybridized carbons (Fsp3) is 0.158. The standard InChI is InChI=1S/C19H18N2O3/c1-14(22)23-12-13-24-16-9-6-15(7-10-16)8-11-19-17-4-2-3-5-18(17)20-21-19/h2-11H,12-13H2,1H3,(H,20,21)/b11-8+. The predicted molar refractivity (Wildman–Crippen MR) is 93.6 cm³/mol. The number of para-hydroxylation sites is 1. The minimum absolute atomic E-state index is 0.253. The van der Waals surface area contributed by atoms with E-state index in [1.807, 2.05) is 60.7 Å². The molecule has 0 spiro atoms. The van der Waals surface area contributed by atoms with Crippen LogP contribution in [0.15, 0.2) is 48.5 Å². The number of benzene rings is 2. The fourth-order valence-corrected chi connectivity index (χ4v) is 2.31. The Kier molecular flexibility index (Phi) is 4.91. The van der Waals surface area contributed by atoms with E-state index in [1.165, 1.54) is 6.92 Å². The van der Waals surface area contributed by atoms with Crippen molar-refractivity contribution in [3.8, 4) is 5.75 Å². The highest BCUT2D eigenvalue weighted by atomic mass is 16.6. The van der Waals surface area contributed by atoms with Gasteiger partial charge in [0.05, 0.1) is 11.2 Å². The molecule has 0 aliphatic carbocycles. The molecule has 0 saturated heterocycles. The van der Waals surface area contributed by atoms with Gasteiger partial charge >= 0.3 is 5.97 Å². The van der Waals surface area contributed by atoms with E-state index in [0.717, 1.165) is 27.9 Å². The lowest BCUT2D eigenvalue weighted by Crippen LogP contribution is -2.09. The molecule has 1 heterocycles. The molecule has 0 bridgehead atoms. The van der Waals surface area contributed by atoms with Crippen molar-refractivity contribution in [1.82, 2.24) is 10.2 Å². The van der Waals surface area contributed by atoms with Gasteiger partial charge in [0.25, 0.3) is 0 Å². The number of nitrogens with zero attached hydrogens (tertiary/aromatic N) is 1. The summed E-state index contributed by atoms with van der Waals surface area (Å²) in [7, 11) is 0. The second kappa shape index (κ2) is 7.46. The highest BCUT2D eigenvalue weighted by Crippen LogP contribution is 2.18. The number of aromatic nitrogens is 2. The molecule has 2 aromatic carbocycles. The number of H-pyrrole nitrogens is 1. The molecule has 122 valence electrons. The summed E-state index contributed by atoms with van der Waals surface area (Å²) in [5.41, 5.74) is 2.98. The van der Waals surface area contributed by atoms with Crippen molar-refractivity contribution in [2.75, 3.05) is 13.2 Å². The summed E-state index contributed by atoms with van der Waals surface area (Å²) >= 11 is 0. The fourth-order valence-electron chi connectivity index (χ4n) is 2.31. The van der Waals surface area contributed by atoms with E-state index in [2.05, 4.69) is 10.2 Å². The van der Waals surface area contributed by atoms with Crippen LogP contribution in [0.1, 0.15) is 18.2 Å². The van der Waals surface area contributed by atoms with Crippen LogP contribution in [0.25, 0.3) is 23.1 Å². The Morgan fingerprint density at radius 3 is 2.67 bits per heavy atom. The van der Waals surface area contributed by atoms with Gasteiger partial charge in [-0.1, -0.05) is 36.4 Å². The van der Waals surface area contributed by atoms with Crippen molar-refractivity contribution in [3.63, 3.8) is 0 Å². The Bertz CT molecular complexity index is 850. The van der Waals surface area contributed by atoms with E-state index >= 15 is 0 Å². The van der Waals surface area contributed by atoms with E-state index < -0.39 is 0 Å². The highest BCUT2D eigenvalue weighted by Gasteiger charge is 2.01. The molecule has 5 heteroatoms. The quantitative estimate of drug-likeness (QED) is 0.555. The van der Waals surface area contributed by atoms with E-state index in [1.54, 1.807) is 0 Å². The smallest absolute Gasteiger partial charge is 0.302 e. The van der Waals surface area contributed by atoms with Crippen LogP contribution in [0.3, 0.4) is 0 Å². The lowest BCUT2D eigenvalue weighted by molar-refractivity contribution is -0.141. The van der Waals surface area contributed by atoms with Gasteiger partial charge < -0.3 is 9.47 Å². The zero-order valence-corrected chi connectivity index (χ0v) is 13.4. The van der Waals surface area contributed by atoms with Crippen molar-refractivity contribution in [2.24, 2.45) is 0 Å². The number of hydrogen-bond donors (Lipinski definition) is 1. The van der Waals surface area contributed by atoms with Crippen molar-refractivity contribution in [1.29, 1.82) is 0 Å². The average Bonchev–Trinajstić information content (AvgIpc) is 3.01. The van der Waals surface area contributed by atoms with Crippen LogP contribution in [0, 0.1) is 0 Å². The highest BCUT2D eigenvalue weighted by molar-refractivity contribution is 5.89. The Morgan fingerprint density at radius 1 is 1.08 bits per heavy atom. The van der Waals surface area contributed by atoms with Gasteiger partial charge in [-0.3, -0.25) is 9.89 Å². The summed E-state index contributed by atoms with van der Waals surface area (Å²) in [6, 6.07) is 15.7. The molecule has 0 unspecified atom stereocenters. The summed E-state index contributed by atoms with van der Waals surface area (Å²) in [6.45, 7) is 1.97. The van der Waals surface area contributed by atoms with Crippen LogP contribution in [-0.2, 0) is 9.53 Å². The molecular formula is C19H18N2O3. The largest absolute Gasteiger partial charge is 0.490 e. The molecule has 0 aliphatic heterocycles. The monoisotopic (exact) mass is 322 g/mol. The maximum atomic E-state index is 10.7. The number of ether oxygens (including phenoxy) is 2. The molecule has 0 aliphatic rings. The number of carbonyl (C=O) groups is 1. The number of carbonyl (C=O) groups excluding carboxylic acids is 1. The first-order valence-corrected chi connectivity index (χ1v) is 7.70.